The number of methoxy groups -OCH3 is 1. The Morgan fingerprint density at radius 3 is 1.56 bits per heavy atom. The molecule has 9 rings (SSSR count). The van der Waals surface area contributed by atoms with Crippen molar-refractivity contribution in [2.75, 3.05) is 26.9 Å². The molecule has 0 aromatic heterocycles. The van der Waals surface area contributed by atoms with Crippen molar-refractivity contribution in [1.29, 1.82) is 0 Å². The average molecular weight is 993 g/mol. The first-order chi connectivity index (χ1) is 35.8. The smallest absolute Gasteiger partial charge is 0.338 e. The molecule has 0 bridgehead atoms. The molecule has 6 aromatic rings. The molecule has 3 aliphatic heterocycles. The van der Waals surface area contributed by atoms with E-state index in [1.54, 1.807) is 146 Å². The third-order valence-corrected chi connectivity index (χ3v) is 12.1. The fourth-order valence-electron chi connectivity index (χ4n) is 8.51. The lowest BCUT2D eigenvalue weighted by molar-refractivity contribution is -0.387. The number of benzene rings is 6. The maximum atomic E-state index is 14.5. The molecule has 16 heteroatoms. The highest BCUT2D eigenvalue weighted by Gasteiger charge is 2.58. The zero-order chi connectivity index (χ0) is 50.5. The summed E-state index contributed by atoms with van der Waals surface area (Å²) < 4.78 is 76.7. The molecule has 3 fully saturated rings. The maximum absolute atomic E-state index is 14.5. The van der Waals surface area contributed by atoms with E-state index in [0.29, 0.717) is 5.75 Å². The molecule has 0 aliphatic carbocycles. The summed E-state index contributed by atoms with van der Waals surface area (Å²) in [4.78, 5) is 56.5. The van der Waals surface area contributed by atoms with Gasteiger partial charge in [0.05, 0.1) is 42.6 Å². The SMILES string of the molecule is C=CCO[C@H]1[C@H]2OC(c3ccccc3)OC[C@H]2O[C@H](O[C@H]2[C@H](Oc3ccc(OC)cc3)O[C@H](COC(=O)c3ccccc3)[C@@H](OC(=O)c3ccccc3)[C@@H]2OC(=O)c2ccccc2)[C@@H]1OC(=O)c1ccccc1. The summed E-state index contributed by atoms with van der Waals surface area (Å²) in [5, 5.41) is 0. The summed E-state index contributed by atoms with van der Waals surface area (Å²) in [6.07, 6.45) is -13.2. The molecule has 0 N–H and O–H groups in total. The number of hydrogen-bond acceptors (Lipinski definition) is 16. The Morgan fingerprint density at radius 1 is 0.534 bits per heavy atom. The second-order valence-corrected chi connectivity index (χ2v) is 16.9. The standard InChI is InChI=1S/C57H52O16/c1-3-33-63-47-45-44(35-65-55(72-45)40-27-17-8-18-28-40)68-57(49(47)71-54(61)39-25-15-7-16-26-39)73-50-48(70-53(60)38-23-13-6-14-24-38)46(69-52(59)37-21-11-5-12-22-37)43(34-64-51(58)36-19-9-4-10-20-36)67-56(50)66-42-31-29-41(62-2)30-32-42/h3-32,43-50,55-57H,1,33-35H2,2H3/t43-,44-,45+,46-,47+,48+,49-,50-,55?,56-,57-/m1/s1. The first-order valence-electron chi connectivity index (χ1n) is 23.6. The largest absolute Gasteiger partial charge is 0.497 e. The van der Waals surface area contributed by atoms with Crippen molar-refractivity contribution in [2.45, 2.75) is 67.7 Å². The van der Waals surface area contributed by atoms with Crippen molar-refractivity contribution in [3.05, 3.63) is 216 Å². The zero-order valence-corrected chi connectivity index (χ0v) is 39.5. The highest BCUT2D eigenvalue weighted by Crippen LogP contribution is 2.40. The van der Waals surface area contributed by atoms with E-state index in [0.717, 1.165) is 5.56 Å². The third kappa shape index (κ3) is 12.3. The van der Waals surface area contributed by atoms with Crippen LogP contribution in [0.5, 0.6) is 11.5 Å². The van der Waals surface area contributed by atoms with Crippen molar-refractivity contribution in [1.82, 2.24) is 0 Å². The van der Waals surface area contributed by atoms with Crippen LogP contribution < -0.4 is 9.47 Å². The molecule has 3 heterocycles. The van der Waals surface area contributed by atoms with Crippen molar-refractivity contribution in [2.24, 2.45) is 0 Å². The van der Waals surface area contributed by atoms with Crippen LogP contribution in [-0.4, -0.2) is 112 Å². The number of ether oxygens (including phenoxy) is 12. The molecule has 73 heavy (non-hydrogen) atoms. The van der Waals surface area contributed by atoms with Crippen molar-refractivity contribution < 1.29 is 76.0 Å². The van der Waals surface area contributed by atoms with Gasteiger partial charge in [0.1, 0.15) is 42.5 Å². The van der Waals surface area contributed by atoms with E-state index in [1.807, 2.05) is 30.3 Å². The topological polar surface area (TPSA) is 179 Å². The van der Waals surface area contributed by atoms with Gasteiger partial charge < -0.3 is 56.8 Å². The minimum atomic E-state index is -1.65. The fourth-order valence-corrected chi connectivity index (χ4v) is 8.51. The van der Waals surface area contributed by atoms with Gasteiger partial charge in [0.15, 0.2) is 37.0 Å². The maximum Gasteiger partial charge on any atom is 0.338 e. The second kappa shape index (κ2) is 24.1. The van der Waals surface area contributed by atoms with Crippen LogP contribution in [0, 0.1) is 0 Å². The van der Waals surface area contributed by atoms with Gasteiger partial charge >= 0.3 is 23.9 Å². The van der Waals surface area contributed by atoms with Gasteiger partial charge in [-0.25, -0.2) is 19.2 Å². The molecular weight excluding hydrogens is 941 g/mol. The molecule has 0 radical (unpaired) electrons. The highest BCUT2D eigenvalue weighted by molar-refractivity contribution is 5.91. The number of hydrogen-bond donors (Lipinski definition) is 0. The van der Waals surface area contributed by atoms with Crippen molar-refractivity contribution in [3.63, 3.8) is 0 Å². The summed E-state index contributed by atoms with van der Waals surface area (Å²) >= 11 is 0. The summed E-state index contributed by atoms with van der Waals surface area (Å²) in [5.41, 5.74) is 1.44. The van der Waals surface area contributed by atoms with Gasteiger partial charge in [-0.05, 0) is 72.8 Å². The fraction of sp³-hybridized carbons (Fsp3) is 0.263. The predicted molar refractivity (Wildman–Crippen MR) is 259 cm³/mol. The Hall–Kier alpha value is -7.70. The summed E-state index contributed by atoms with van der Waals surface area (Å²) in [7, 11) is 1.51. The Morgan fingerprint density at radius 2 is 1.03 bits per heavy atom. The zero-order valence-electron chi connectivity index (χ0n) is 39.5. The van der Waals surface area contributed by atoms with Crippen LogP contribution >= 0.6 is 0 Å². The first kappa shape index (κ1) is 50.2. The van der Waals surface area contributed by atoms with Crippen LogP contribution in [0.25, 0.3) is 0 Å². The molecule has 1 unspecified atom stereocenters. The van der Waals surface area contributed by atoms with E-state index in [2.05, 4.69) is 6.58 Å². The van der Waals surface area contributed by atoms with E-state index in [-0.39, 0.29) is 41.2 Å². The Bertz CT molecular complexity index is 2750. The normalized spacial score (nSPS) is 25.4. The number of carbonyl (C=O) groups is 4. The first-order valence-corrected chi connectivity index (χ1v) is 23.6. The van der Waals surface area contributed by atoms with Crippen LogP contribution in [-0.2, 0) is 47.4 Å². The van der Waals surface area contributed by atoms with Gasteiger partial charge in [-0.2, -0.15) is 0 Å². The summed E-state index contributed by atoms with van der Waals surface area (Å²) in [5.74, 6) is -2.41. The molecule has 16 nitrogen and oxygen atoms in total. The Labute approximate surface area is 421 Å². The Kier molecular flexibility index (Phi) is 16.6. The highest BCUT2D eigenvalue weighted by atomic mass is 16.8. The van der Waals surface area contributed by atoms with Crippen LogP contribution in [0.2, 0.25) is 0 Å². The van der Waals surface area contributed by atoms with E-state index in [4.69, 9.17) is 56.8 Å². The molecule has 6 aromatic carbocycles. The van der Waals surface area contributed by atoms with Gasteiger partial charge in [-0.15, -0.1) is 6.58 Å². The van der Waals surface area contributed by atoms with Gasteiger partial charge in [0, 0.05) is 5.56 Å². The van der Waals surface area contributed by atoms with Gasteiger partial charge in [-0.3, -0.25) is 0 Å². The molecule has 11 atom stereocenters. The number of rotatable bonds is 18. The van der Waals surface area contributed by atoms with Crippen LogP contribution in [0.15, 0.2) is 189 Å². The lowest BCUT2D eigenvalue weighted by Gasteiger charge is -2.50. The number of esters is 4. The molecule has 0 spiro atoms. The van der Waals surface area contributed by atoms with E-state index >= 15 is 0 Å². The number of carbonyl (C=O) groups excluding carboxylic acids is 4. The van der Waals surface area contributed by atoms with Crippen LogP contribution in [0.3, 0.4) is 0 Å². The minimum Gasteiger partial charge on any atom is -0.497 e. The predicted octanol–water partition coefficient (Wildman–Crippen LogP) is 8.13. The quantitative estimate of drug-likeness (QED) is 0.0457. The molecular formula is C57H52O16. The van der Waals surface area contributed by atoms with Crippen molar-refractivity contribution in [3.8, 4) is 11.5 Å². The van der Waals surface area contributed by atoms with Crippen LogP contribution in [0.1, 0.15) is 53.3 Å². The van der Waals surface area contributed by atoms with Crippen LogP contribution in [0.4, 0.5) is 0 Å². The Balaban J connectivity index is 1.15. The molecule has 3 saturated heterocycles. The minimum absolute atomic E-state index is 0.0197. The number of fused-ring (bicyclic) bond motifs is 1. The molecule has 0 saturated carbocycles. The third-order valence-electron chi connectivity index (χ3n) is 12.1. The summed E-state index contributed by atoms with van der Waals surface area (Å²) in [6.45, 7) is 3.27. The molecule has 3 aliphatic rings. The van der Waals surface area contributed by atoms with Gasteiger partial charge in [-0.1, -0.05) is 109 Å². The van der Waals surface area contributed by atoms with Crippen molar-refractivity contribution >= 4 is 23.9 Å². The lowest BCUT2D eigenvalue weighted by Crippen LogP contribution is -2.68. The van der Waals surface area contributed by atoms with Gasteiger partial charge in [0.25, 0.3) is 0 Å². The van der Waals surface area contributed by atoms with E-state index in [1.165, 1.54) is 13.2 Å². The van der Waals surface area contributed by atoms with E-state index in [9.17, 15) is 19.2 Å². The second-order valence-electron chi connectivity index (χ2n) is 16.9. The summed E-state index contributed by atoms with van der Waals surface area (Å²) in [6, 6.07) is 48.6. The molecule has 0 amide bonds. The monoisotopic (exact) mass is 992 g/mol. The van der Waals surface area contributed by atoms with E-state index < -0.39 is 98.2 Å². The molecule has 376 valence electrons. The lowest BCUT2D eigenvalue weighted by atomic mass is 9.95. The average Bonchev–Trinajstić information content (AvgIpc) is 3.44. The van der Waals surface area contributed by atoms with Gasteiger partial charge in [0.2, 0.25) is 6.29 Å².